The Morgan fingerprint density at radius 1 is 1.10 bits per heavy atom. The molecule has 3 aromatic heterocycles. The number of anilines is 1. The van der Waals surface area contributed by atoms with Gasteiger partial charge in [0.05, 0.1) is 16.2 Å². The van der Waals surface area contributed by atoms with Gasteiger partial charge in [0, 0.05) is 19.5 Å². The molecule has 39 heavy (non-hydrogen) atoms. The van der Waals surface area contributed by atoms with Crippen molar-refractivity contribution in [2.45, 2.75) is 50.5 Å². The van der Waals surface area contributed by atoms with Crippen LogP contribution in [0.4, 0.5) is 32.2 Å². The van der Waals surface area contributed by atoms with Gasteiger partial charge in [0.15, 0.2) is 15.7 Å². The number of aromatic nitrogens is 4. The fourth-order valence-electron chi connectivity index (χ4n) is 4.23. The first-order valence-electron chi connectivity index (χ1n) is 11.8. The molecule has 9 nitrogen and oxygen atoms in total. The van der Waals surface area contributed by atoms with Crippen molar-refractivity contribution in [2.24, 2.45) is 13.0 Å². The molecule has 1 saturated carbocycles. The highest BCUT2D eigenvalue weighted by Gasteiger charge is 2.41. The highest BCUT2D eigenvalue weighted by molar-refractivity contribution is 7.91. The average Bonchev–Trinajstić information content (AvgIpc) is 3.63. The van der Waals surface area contributed by atoms with E-state index in [1.54, 1.807) is 0 Å². The van der Waals surface area contributed by atoms with Crippen molar-refractivity contribution in [3.8, 4) is 11.5 Å². The van der Waals surface area contributed by atoms with E-state index in [0.29, 0.717) is 28.4 Å². The van der Waals surface area contributed by atoms with Crippen LogP contribution in [0.15, 0.2) is 27.9 Å². The first-order valence-corrected chi connectivity index (χ1v) is 13.4. The van der Waals surface area contributed by atoms with Crippen molar-refractivity contribution in [1.29, 1.82) is 0 Å². The van der Waals surface area contributed by atoms with Crippen molar-refractivity contribution in [3.63, 3.8) is 0 Å². The number of halogens is 6. The lowest BCUT2D eigenvalue weighted by atomic mass is 10.2. The standard InChI is InChI=1S/C23H23F6N5O4S/c1-4-33-15(23(27,28)29)10-13-18(21(33)36)32(3)19(30-13)17-14(39(37,38)5-2)8-9-16(31-17)34(11-22(24,25)26)20(35)12-6-7-12/h8-10,12H,4-7,11H2,1-3H3. The summed E-state index contributed by atoms with van der Waals surface area (Å²) in [6, 6.07) is 2.57. The van der Waals surface area contributed by atoms with Gasteiger partial charge in [-0.1, -0.05) is 6.92 Å². The SMILES string of the molecule is CCn1c(C(F)(F)F)cc2nc(-c3nc(N(CC(F)(F)F)C(=O)C4CC4)ccc3S(=O)(=O)CC)n(C)c2c1=O. The maximum Gasteiger partial charge on any atom is 0.431 e. The number of nitrogens with zero attached hydrogens (tertiary/aromatic N) is 5. The maximum absolute atomic E-state index is 13.6. The van der Waals surface area contributed by atoms with Crippen LogP contribution in [-0.4, -0.2) is 51.9 Å². The normalized spacial score (nSPS) is 14.7. The Balaban J connectivity index is 2.02. The molecule has 0 atom stereocenters. The van der Waals surface area contributed by atoms with Crippen LogP contribution in [0.2, 0.25) is 0 Å². The minimum atomic E-state index is -4.91. The number of aryl methyl sites for hydroxylation is 1. The van der Waals surface area contributed by atoms with E-state index in [1.807, 2.05) is 0 Å². The summed E-state index contributed by atoms with van der Waals surface area (Å²) in [5, 5.41) is 0. The molecule has 0 radical (unpaired) electrons. The van der Waals surface area contributed by atoms with Crippen molar-refractivity contribution >= 4 is 32.6 Å². The van der Waals surface area contributed by atoms with Gasteiger partial charge in [-0.2, -0.15) is 26.3 Å². The van der Waals surface area contributed by atoms with Crippen molar-refractivity contribution in [3.05, 3.63) is 34.2 Å². The van der Waals surface area contributed by atoms with E-state index in [0.717, 1.165) is 16.7 Å². The summed E-state index contributed by atoms with van der Waals surface area (Å²) in [6.07, 6.45) is -8.94. The molecule has 0 aliphatic heterocycles. The third-order valence-corrected chi connectivity index (χ3v) is 8.08. The summed E-state index contributed by atoms with van der Waals surface area (Å²) in [6.45, 7) is 0.628. The average molecular weight is 580 g/mol. The summed E-state index contributed by atoms with van der Waals surface area (Å²) in [5.41, 5.74) is -3.54. The minimum Gasteiger partial charge on any atom is -0.321 e. The van der Waals surface area contributed by atoms with Gasteiger partial charge < -0.3 is 9.13 Å². The summed E-state index contributed by atoms with van der Waals surface area (Å²) in [5.74, 6) is -2.81. The summed E-state index contributed by atoms with van der Waals surface area (Å²) in [7, 11) is -2.84. The van der Waals surface area contributed by atoms with Crippen LogP contribution in [0.3, 0.4) is 0 Å². The lowest BCUT2D eigenvalue weighted by molar-refractivity contribution is -0.144. The van der Waals surface area contributed by atoms with Crippen LogP contribution in [0.25, 0.3) is 22.6 Å². The molecule has 1 aliphatic carbocycles. The maximum atomic E-state index is 13.6. The molecule has 0 bridgehead atoms. The number of imidazole rings is 1. The van der Waals surface area contributed by atoms with Gasteiger partial charge in [0.2, 0.25) is 5.91 Å². The van der Waals surface area contributed by atoms with Gasteiger partial charge in [-0.05, 0) is 38.0 Å². The van der Waals surface area contributed by atoms with E-state index < -0.39 is 79.5 Å². The van der Waals surface area contributed by atoms with Gasteiger partial charge in [-0.3, -0.25) is 14.5 Å². The highest BCUT2D eigenvalue weighted by atomic mass is 32.2. The molecule has 0 spiro atoms. The smallest absolute Gasteiger partial charge is 0.321 e. The number of pyridine rings is 2. The largest absolute Gasteiger partial charge is 0.431 e. The summed E-state index contributed by atoms with van der Waals surface area (Å²) in [4.78, 5) is 33.8. The van der Waals surface area contributed by atoms with Gasteiger partial charge in [0.25, 0.3) is 5.56 Å². The van der Waals surface area contributed by atoms with Crippen LogP contribution in [0.1, 0.15) is 32.4 Å². The Hall–Kier alpha value is -3.43. The van der Waals surface area contributed by atoms with E-state index in [4.69, 9.17) is 0 Å². The van der Waals surface area contributed by atoms with E-state index in [1.165, 1.54) is 20.9 Å². The van der Waals surface area contributed by atoms with Gasteiger partial charge in [-0.15, -0.1) is 0 Å². The van der Waals surface area contributed by atoms with Crippen molar-refractivity contribution < 1.29 is 39.6 Å². The number of amides is 1. The predicted molar refractivity (Wildman–Crippen MR) is 128 cm³/mol. The molecule has 4 rings (SSSR count). The van der Waals surface area contributed by atoms with Crippen LogP contribution in [-0.2, 0) is 34.4 Å². The van der Waals surface area contributed by atoms with Crippen LogP contribution in [0, 0.1) is 5.92 Å². The Morgan fingerprint density at radius 3 is 2.26 bits per heavy atom. The predicted octanol–water partition coefficient (Wildman–Crippen LogP) is 3.93. The number of carbonyl (C=O) groups excluding carboxylic acids is 1. The first-order chi connectivity index (χ1) is 18.0. The Labute approximate surface area is 218 Å². The zero-order valence-corrected chi connectivity index (χ0v) is 21.7. The molecule has 1 fully saturated rings. The molecule has 3 heterocycles. The lowest BCUT2D eigenvalue weighted by Gasteiger charge is -2.24. The zero-order chi connectivity index (χ0) is 29.1. The molecule has 212 valence electrons. The van der Waals surface area contributed by atoms with E-state index >= 15 is 0 Å². The third-order valence-electron chi connectivity index (χ3n) is 6.32. The monoisotopic (exact) mass is 579 g/mol. The Bertz CT molecular complexity index is 1620. The number of hydrogen-bond acceptors (Lipinski definition) is 6. The topological polar surface area (TPSA) is 107 Å². The molecule has 0 saturated heterocycles. The first kappa shape index (κ1) is 28.6. The Morgan fingerprint density at radius 2 is 1.74 bits per heavy atom. The fourth-order valence-corrected chi connectivity index (χ4v) is 5.25. The second kappa shape index (κ2) is 9.64. The van der Waals surface area contributed by atoms with Crippen molar-refractivity contribution in [2.75, 3.05) is 17.2 Å². The van der Waals surface area contributed by atoms with Crippen LogP contribution >= 0.6 is 0 Å². The summed E-state index contributed by atoms with van der Waals surface area (Å²) < 4.78 is 108. The number of rotatable bonds is 7. The number of fused-ring (bicyclic) bond motifs is 1. The third kappa shape index (κ3) is 5.38. The molecular formula is C23H23F6N5O4S. The highest BCUT2D eigenvalue weighted by Crippen LogP contribution is 2.36. The molecule has 16 heteroatoms. The number of hydrogen-bond donors (Lipinski definition) is 0. The molecule has 1 amide bonds. The molecule has 0 aromatic carbocycles. The Kier molecular flexibility index (Phi) is 7.06. The van der Waals surface area contributed by atoms with Gasteiger partial charge in [0.1, 0.15) is 29.3 Å². The van der Waals surface area contributed by atoms with E-state index in [-0.39, 0.29) is 17.9 Å². The van der Waals surface area contributed by atoms with E-state index in [2.05, 4.69) is 9.97 Å². The molecule has 0 unspecified atom stereocenters. The lowest BCUT2D eigenvalue weighted by Crippen LogP contribution is -2.40. The minimum absolute atomic E-state index is 0.298. The molecule has 1 aliphatic rings. The van der Waals surface area contributed by atoms with Crippen LogP contribution < -0.4 is 10.5 Å². The fraction of sp³-hybridized carbons (Fsp3) is 0.478. The summed E-state index contributed by atoms with van der Waals surface area (Å²) >= 11 is 0. The molecular weight excluding hydrogens is 556 g/mol. The molecule has 0 N–H and O–H groups in total. The number of sulfone groups is 1. The molecule has 3 aromatic rings. The number of carbonyl (C=O) groups is 1. The van der Waals surface area contributed by atoms with Crippen molar-refractivity contribution in [1.82, 2.24) is 19.1 Å². The van der Waals surface area contributed by atoms with Crippen LogP contribution in [0.5, 0.6) is 0 Å². The second-order valence-electron chi connectivity index (χ2n) is 9.04. The van der Waals surface area contributed by atoms with Gasteiger partial charge in [-0.25, -0.2) is 18.4 Å². The van der Waals surface area contributed by atoms with Gasteiger partial charge >= 0.3 is 12.4 Å². The quantitative estimate of drug-likeness (QED) is 0.393. The number of alkyl halides is 6. The van der Waals surface area contributed by atoms with E-state index in [9.17, 15) is 44.3 Å². The second-order valence-corrected chi connectivity index (χ2v) is 11.3. The zero-order valence-electron chi connectivity index (χ0n) is 20.9.